The summed E-state index contributed by atoms with van der Waals surface area (Å²) in [5, 5.41) is 7.54. The molecule has 5 aromatic rings. The van der Waals surface area contributed by atoms with E-state index in [2.05, 4.69) is 63.7 Å². The van der Waals surface area contributed by atoms with E-state index in [-0.39, 0.29) is 0 Å². The Morgan fingerprint density at radius 1 is 0.919 bits per heavy atom. The summed E-state index contributed by atoms with van der Waals surface area (Å²) in [5.74, 6) is 1.61. The second-order valence-corrected chi connectivity index (χ2v) is 10.3. The summed E-state index contributed by atoms with van der Waals surface area (Å²) in [6, 6.07) is 22.9. The minimum atomic E-state index is 0.364. The molecule has 0 saturated carbocycles. The lowest BCUT2D eigenvalue weighted by Gasteiger charge is -2.28. The Hall–Kier alpha value is -4.02. The molecule has 0 N–H and O–H groups in total. The van der Waals surface area contributed by atoms with Crippen LogP contribution in [0.15, 0.2) is 101 Å². The van der Waals surface area contributed by atoms with Crippen LogP contribution >= 0.6 is 11.6 Å². The molecule has 2 aliphatic carbocycles. The lowest BCUT2D eigenvalue weighted by atomic mass is 9.76. The third kappa shape index (κ3) is 4.17. The fraction of sp³-hybridized carbons (Fsp3) is 0.156. The van der Waals surface area contributed by atoms with Crippen molar-refractivity contribution in [2.75, 3.05) is 0 Å². The second kappa shape index (κ2) is 9.13. The molecule has 0 fully saturated rings. The van der Waals surface area contributed by atoms with Crippen LogP contribution in [0.5, 0.6) is 0 Å². The van der Waals surface area contributed by atoms with E-state index in [1.54, 1.807) is 0 Å². The summed E-state index contributed by atoms with van der Waals surface area (Å²) in [6.45, 7) is 0. The van der Waals surface area contributed by atoms with E-state index in [0.717, 1.165) is 42.6 Å². The highest BCUT2D eigenvalue weighted by atomic mass is 35.5. The third-order valence-electron chi connectivity index (χ3n) is 7.50. The number of nitrogens with zero attached hydrogens (tertiary/aromatic N) is 3. The Morgan fingerprint density at radius 2 is 1.84 bits per heavy atom. The number of aromatic nitrogens is 3. The van der Waals surface area contributed by atoms with Gasteiger partial charge >= 0.3 is 0 Å². The molecule has 7 rings (SSSR count). The molecule has 2 heterocycles. The fourth-order valence-electron chi connectivity index (χ4n) is 5.70. The molecule has 2 aromatic heterocycles. The van der Waals surface area contributed by atoms with E-state index >= 15 is 0 Å². The highest BCUT2D eigenvalue weighted by Gasteiger charge is 2.25. The molecular weight excluding hydrogens is 478 g/mol. The zero-order valence-electron chi connectivity index (χ0n) is 20.2. The number of aryl methyl sites for hydroxylation is 1. The summed E-state index contributed by atoms with van der Waals surface area (Å²) in [6.07, 6.45) is 12.3. The Kier molecular flexibility index (Phi) is 5.48. The lowest BCUT2D eigenvalue weighted by molar-refractivity contribution is 0.418. The number of pyridine rings is 1. The molecule has 0 aliphatic heterocycles. The maximum Gasteiger partial charge on any atom is 0.257 e. The van der Waals surface area contributed by atoms with Gasteiger partial charge in [-0.1, -0.05) is 70.9 Å². The molecule has 37 heavy (non-hydrogen) atoms. The van der Waals surface area contributed by atoms with Crippen molar-refractivity contribution in [2.45, 2.75) is 25.7 Å². The normalized spacial score (nSPS) is 16.6. The van der Waals surface area contributed by atoms with Crippen molar-refractivity contribution in [1.29, 1.82) is 0 Å². The summed E-state index contributed by atoms with van der Waals surface area (Å²) >= 11 is 6.12. The van der Waals surface area contributed by atoms with Crippen molar-refractivity contribution >= 4 is 27.9 Å². The maximum atomic E-state index is 6.12. The number of rotatable bonds is 4. The van der Waals surface area contributed by atoms with E-state index < -0.39 is 0 Å². The first kappa shape index (κ1) is 22.2. The van der Waals surface area contributed by atoms with Gasteiger partial charge in [-0.15, -0.1) is 0 Å². The Labute approximate surface area is 220 Å². The SMILES string of the molecule is Clc1cccc(-c2nc(CC3C=CC4=C(CCc5c4ccc4ccc(-c6cccnc6)cc54)C3)no2)c1. The predicted molar refractivity (Wildman–Crippen MR) is 148 cm³/mol. The van der Waals surface area contributed by atoms with Gasteiger partial charge in [0, 0.05) is 35.0 Å². The van der Waals surface area contributed by atoms with Gasteiger partial charge in [-0.25, -0.2) is 0 Å². The van der Waals surface area contributed by atoms with E-state index in [1.165, 1.54) is 38.6 Å². The van der Waals surface area contributed by atoms with E-state index in [0.29, 0.717) is 16.8 Å². The topological polar surface area (TPSA) is 51.8 Å². The number of allylic oxidation sites excluding steroid dienone is 4. The van der Waals surface area contributed by atoms with Gasteiger partial charge in [-0.05, 0) is 88.5 Å². The van der Waals surface area contributed by atoms with E-state index in [4.69, 9.17) is 16.1 Å². The van der Waals surface area contributed by atoms with Crippen molar-refractivity contribution in [2.24, 2.45) is 5.92 Å². The molecule has 1 atom stereocenters. The van der Waals surface area contributed by atoms with Crippen LogP contribution in [0.2, 0.25) is 5.02 Å². The first-order valence-electron chi connectivity index (χ1n) is 12.7. The Bertz CT molecular complexity index is 1700. The van der Waals surface area contributed by atoms with Gasteiger partial charge in [-0.2, -0.15) is 4.98 Å². The Balaban J connectivity index is 1.15. The quantitative estimate of drug-likeness (QED) is 0.249. The first-order chi connectivity index (χ1) is 18.2. The van der Waals surface area contributed by atoms with Crippen LogP contribution in [0.3, 0.4) is 0 Å². The molecule has 0 bridgehead atoms. The molecule has 0 spiro atoms. The summed E-state index contributed by atoms with van der Waals surface area (Å²) in [4.78, 5) is 8.94. The fourth-order valence-corrected chi connectivity index (χ4v) is 5.89. The van der Waals surface area contributed by atoms with Crippen LogP contribution in [0.25, 0.3) is 38.9 Å². The van der Waals surface area contributed by atoms with Gasteiger partial charge in [0.15, 0.2) is 5.82 Å². The van der Waals surface area contributed by atoms with Crippen molar-refractivity contribution < 1.29 is 4.52 Å². The maximum absolute atomic E-state index is 6.12. The Morgan fingerprint density at radius 3 is 2.73 bits per heavy atom. The number of fused-ring (bicyclic) bond motifs is 4. The molecule has 3 aromatic carbocycles. The summed E-state index contributed by atoms with van der Waals surface area (Å²) < 4.78 is 5.52. The molecule has 1 unspecified atom stereocenters. The minimum Gasteiger partial charge on any atom is -0.334 e. The van der Waals surface area contributed by atoms with Gasteiger partial charge in [0.05, 0.1) is 0 Å². The van der Waals surface area contributed by atoms with Crippen molar-refractivity contribution in [3.05, 3.63) is 119 Å². The van der Waals surface area contributed by atoms with Gasteiger partial charge in [0.1, 0.15) is 0 Å². The number of hydrogen-bond acceptors (Lipinski definition) is 4. The van der Waals surface area contributed by atoms with Crippen molar-refractivity contribution in [3.63, 3.8) is 0 Å². The monoisotopic (exact) mass is 501 g/mol. The van der Waals surface area contributed by atoms with E-state index in [9.17, 15) is 0 Å². The predicted octanol–water partition coefficient (Wildman–Crippen LogP) is 8.12. The van der Waals surface area contributed by atoms with Crippen molar-refractivity contribution in [1.82, 2.24) is 15.1 Å². The zero-order chi connectivity index (χ0) is 24.8. The molecular formula is C32H24ClN3O. The smallest absolute Gasteiger partial charge is 0.257 e. The molecule has 0 amide bonds. The number of halogens is 1. The van der Waals surface area contributed by atoms with Crippen LogP contribution in [0.1, 0.15) is 29.8 Å². The molecule has 2 aliphatic rings. The lowest BCUT2D eigenvalue weighted by Crippen LogP contribution is -2.13. The third-order valence-corrected chi connectivity index (χ3v) is 7.74. The number of benzene rings is 3. The van der Waals surface area contributed by atoms with E-state index in [1.807, 2.05) is 42.7 Å². The van der Waals surface area contributed by atoms with Gasteiger partial charge in [0.25, 0.3) is 5.89 Å². The number of hydrogen-bond donors (Lipinski definition) is 0. The van der Waals surface area contributed by atoms with Gasteiger partial charge in [-0.3, -0.25) is 4.98 Å². The zero-order valence-corrected chi connectivity index (χ0v) is 20.9. The van der Waals surface area contributed by atoms with Crippen LogP contribution in [0, 0.1) is 5.92 Å². The van der Waals surface area contributed by atoms with Crippen molar-refractivity contribution in [3.8, 4) is 22.6 Å². The summed E-state index contributed by atoms with van der Waals surface area (Å²) in [5.41, 5.74) is 8.95. The average Bonchev–Trinajstić information content (AvgIpc) is 3.41. The molecule has 5 heteroatoms. The molecule has 0 saturated heterocycles. The van der Waals surface area contributed by atoms with Crippen LogP contribution in [-0.2, 0) is 12.8 Å². The minimum absolute atomic E-state index is 0.364. The molecule has 180 valence electrons. The summed E-state index contributed by atoms with van der Waals surface area (Å²) in [7, 11) is 0. The van der Waals surface area contributed by atoms with Crippen LogP contribution in [-0.4, -0.2) is 15.1 Å². The average molecular weight is 502 g/mol. The van der Waals surface area contributed by atoms with Crippen LogP contribution in [0.4, 0.5) is 0 Å². The molecule has 0 radical (unpaired) electrons. The highest BCUT2D eigenvalue weighted by molar-refractivity contribution is 6.30. The van der Waals surface area contributed by atoms with Gasteiger partial charge < -0.3 is 4.52 Å². The molecule has 4 nitrogen and oxygen atoms in total. The largest absolute Gasteiger partial charge is 0.334 e. The van der Waals surface area contributed by atoms with Gasteiger partial charge in [0.2, 0.25) is 0 Å². The van der Waals surface area contributed by atoms with Crippen LogP contribution < -0.4 is 0 Å². The first-order valence-corrected chi connectivity index (χ1v) is 13.0. The second-order valence-electron chi connectivity index (χ2n) is 9.84. The highest BCUT2D eigenvalue weighted by Crippen LogP contribution is 2.42. The standard InChI is InChI=1S/C32H24ClN3O/c33-26-5-1-3-24(17-26)32-35-31(36-37-32)16-20-6-11-27-23(15-20)10-13-29-28(27)12-9-21-7-8-22(18-30(21)29)25-4-2-14-34-19-25/h1-9,11-12,14,17-20H,10,13,15-16H2.